The number of nitrogens with one attached hydrogen (secondary N) is 2. The van der Waals surface area contributed by atoms with E-state index in [1.165, 1.54) is 12.1 Å². The average Bonchev–Trinajstić information content (AvgIpc) is 2.59. The molecular weight excluding hydrogens is 308 g/mol. The van der Waals surface area contributed by atoms with Crippen molar-refractivity contribution in [3.05, 3.63) is 65.8 Å². The molecule has 24 heavy (non-hydrogen) atoms. The monoisotopic (exact) mass is 324 g/mol. The molecule has 0 fully saturated rings. The standard InChI is InChI=1S/C18H16N2O4/c21-15-8-4-3-7-13(15)17(23)19-20-18(24)14-9-11-5-1-2-6-12(11)10-16(14)22/h1-9,11-12,21H,10H2,(H,19,23)(H,20,24). The second kappa shape index (κ2) is 6.54. The number of hydrogen-bond acceptors (Lipinski definition) is 4. The Morgan fingerprint density at radius 3 is 2.54 bits per heavy atom. The second-order valence-corrected chi connectivity index (χ2v) is 5.64. The van der Waals surface area contributed by atoms with Crippen molar-refractivity contribution in [1.29, 1.82) is 0 Å². The van der Waals surface area contributed by atoms with Gasteiger partial charge in [0.15, 0.2) is 5.78 Å². The number of benzene rings is 1. The number of carbonyl (C=O) groups is 3. The van der Waals surface area contributed by atoms with Gasteiger partial charge in [0.1, 0.15) is 5.75 Å². The lowest BCUT2D eigenvalue weighted by atomic mass is 9.78. The van der Waals surface area contributed by atoms with Crippen LogP contribution in [0.15, 0.2) is 60.2 Å². The first-order chi connectivity index (χ1) is 11.6. The number of amides is 2. The lowest BCUT2D eigenvalue weighted by Crippen LogP contribution is -2.44. The molecule has 1 aromatic rings. The zero-order valence-corrected chi connectivity index (χ0v) is 12.7. The van der Waals surface area contributed by atoms with Gasteiger partial charge in [-0.3, -0.25) is 25.2 Å². The highest BCUT2D eigenvalue weighted by atomic mass is 16.3. The predicted molar refractivity (Wildman–Crippen MR) is 86.7 cm³/mol. The van der Waals surface area contributed by atoms with Crippen molar-refractivity contribution in [3.63, 3.8) is 0 Å². The van der Waals surface area contributed by atoms with E-state index in [9.17, 15) is 19.5 Å². The molecule has 0 spiro atoms. The summed E-state index contributed by atoms with van der Waals surface area (Å²) in [6.45, 7) is 0. The van der Waals surface area contributed by atoms with Crippen molar-refractivity contribution in [2.24, 2.45) is 11.8 Å². The Balaban J connectivity index is 1.67. The van der Waals surface area contributed by atoms with Crippen LogP contribution in [0.4, 0.5) is 0 Å². The number of phenolic OH excluding ortho intramolecular Hbond substituents is 1. The van der Waals surface area contributed by atoms with Crippen LogP contribution in [-0.4, -0.2) is 22.7 Å². The molecule has 2 aliphatic carbocycles. The number of aromatic hydroxyl groups is 1. The van der Waals surface area contributed by atoms with Crippen molar-refractivity contribution >= 4 is 17.6 Å². The summed E-state index contributed by atoms with van der Waals surface area (Å²) in [5, 5.41) is 9.61. The predicted octanol–water partition coefficient (Wildman–Crippen LogP) is 1.41. The third-order valence-electron chi connectivity index (χ3n) is 4.06. The Morgan fingerprint density at radius 2 is 1.75 bits per heavy atom. The van der Waals surface area contributed by atoms with Crippen LogP contribution in [0.1, 0.15) is 16.8 Å². The minimum Gasteiger partial charge on any atom is -0.507 e. The van der Waals surface area contributed by atoms with Gasteiger partial charge in [0.2, 0.25) is 0 Å². The number of Topliss-reactive ketones (excluding diaryl/α,β-unsaturated/α-hetero) is 1. The number of rotatable bonds is 2. The molecule has 1 aromatic carbocycles. The first-order valence-electron chi connectivity index (χ1n) is 7.55. The SMILES string of the molecule is O=C1CC2C=CC=CC2C=C1C(=O)NNC(=O)c1ccccc1O. The number of hydrazine groups is 1. The number of fused-ring (bicyclic) bond motifs is 1. The number of allylic oxidation sites excluding steroid dienone is 5. The molecule has 6 heteroatoms. The van der Waals surface area contributed by atoms with Gasteiger partial charge >= 0.3 is 0 Å². The van der Waals surface area contributed by atoms with Gasteiger partial charge in [-0.2, -0.15) is 0 Å². The topological polar surface area (TPSA) is 95.5 Å². The molecule has 3 rings (SSSR count). The zero-order chi connectivity index (χ0) is 17.1. The van der Waals surface area contributed by atoms with Crippen LogP contribution in [0.2, 0.25) is 0 Å². The largest absolute Gasteiger partial charge is 0.507 e. The first kappa shape index (κ1) is 15.7. The summed E-state index contributed by atoms with van der Waals surface area (Å²) >= 11 is 0. The smallest absolute Gasteiger partial charge is 0.273 e. The van der Waals surface area contributed by atoms with Crippen molar-refractivity contribution in [2.75, 3.05) is 0 Å². The Hall–Kier alpha value is -3.15. The summed E-state index contributed by atoms with van der Waals surface area (Å²) in [7, 11) is 0. The molecule has 2 atom stereocenters. The lowest BCUT2D eigenvalue weighted by Gasteiger charge is -2.26. The van der Waals surface area contributed by atoms with Crippen LogP contribution >= 0.6 is 0 Å². The van der Waals surface area contributed by atoms with Gasteiger partial charge in [0, 0.05) is 12.3 Å². The van der Waals surface area contributed by atoms with Gasteiger partial charge in [-0.25, -0.2) is 0 Å². The molecule has 0 saturated carbocycles. The van der Waals surface area contributed by atoms with Crippen LogP contribution < -0.4 is 10.9 Å². The third-order valence-corrected chi connectivity index (χ3v) is 4.06. The highest BCUT2D eigenvalue weighted by Crippen LogP contribution is 2.31. The number of phenols is 1. The Bertz CT molecular complexity index is 792. The van der Waals surface area contributed by atoms with Gasteiger partial charge in [0.05, 0.1) is 11.1 Å². The van der Waals surface area contributed by atoms with Crippen LogP contribution in [0.25, 0.3) is 0 Å². The summed E-state index contributed by atoms with van der Waals surface area (Å²) in [6, 6.07) is 5.96. The molecule has 6 nitrogen and oxygen atoms in total. The van der Waals surface area contributed by atoms with Crippen LogP contribution in [0.3, 0.4) is 0 Å². The van der Waals surface area contributed by atoms with E-state index < -0.39 is 11.8 Å². The van der Waals surface area contributed by atoms with Crippen molar-refractivity contribution in [2.45, 2.75) is 6.42 Å². The van der Waals surface area contributed by atoms with E-state index >= 15 is 0 Å². The molecule has 2 unspecified atom stereocenters. The molecular formula is C18H16N2O4. The van der Waals surface area contributed by atoms with Crippen molar-refractivity contribution < 1.29 is 19.5 Å². The molecule has 2 amide bonds. The molecule has 0 bridgehead atoms. The quantitative estimate of drug-likeness (QED) is 0.566. The van der Waals surface area contributed by atoms with E-state index in [0.29, 0.717) is 0 Å². The Labute approximate surface area is 138 Å². The number of carbonyl (C=O) groups excluding carboxylic acids is 3. The first-order valence-corrected chi connectivity index (χ1v) is 7.55. The van der Waals surface area contributed by atoms with E-state index in [2.05, 4.69) is 10.9 Å². The maximum Gasteiger partial charge on any atom is 0.273 e. The van der Waals surface area contributed by atoms with Gasteiger partial charge < -0.3 is 5.11 Å². The van der Waals surface area contributed by atoms with E-state index in [-0.39, 0.29) is 40.9 Å². The highest BCUT2D eigenvalue weighted by Gasteiger charge is 2.31. The molecule has 0 radical (unpaired) electrons. The lowest BCUT2D eigenvalue weighted by molar-refractivity contribution is -0.123. The summed E-state index contributed by atoms with van der Waals surface area (Å²) in [6.07, 6.45) is 9.54. The van der Waals surface area contributed by atoms with Crippen LogP contribution in [-0.2, 0) is 9.59 Å². The summed E-state index contributed by atoms with van der Waals surface area (Å²) < 4.78 is 0. The van der Waals surface area contributed by atoms with Crippen LogP contribution in [0, 0.1) is 11.8 Å². The molecule has 0 aromatic heterocycles. The third kappa shape index (κ3) is 3.12. The maximum absolute atomic E-state index is 12.2. The minimum atomic E-state index is -0.663. The average molecular weight is 324 g/mol. The number of ketones is 1. The Morgan fingerprint density at radius 1 is 1.04 bits per heavy atom. The van der Waals surface area contributed by atoms with Crippen molar-refractivity contribution in [1.82, 2.24) is 10.9 Å². The Kier molecular flexibility index (Phi) is 4.29. The number of hydrogen-bond donors (Lipinski definition) is 3. The van der Waals surface area contributed by atoms with Crippen molar-refractivity contribution in [3.8, 4) is 5.75 Å². The van der Waals surface area contributed by atoms with Gasteiger partial charge in [-0.1, -0.05) is 42.5 Å². The zero-order valence-electron chi connectivity index (χ0n) is 12.7. The summed E-state index contributed by atoms with van der Waals surface area (Å²) in [4.78, 5) is 36.3. The molecule has 2 aliphatic rings. The van der Waals surface area contributed by atoms with Gasteiger partial charge in [-0.05, 0) is 18.1 Å². The maximum atomic E-state index is 12.2. The minimum absolute atomic E-state index is 0.00215. The van der Waals surface area contributed by atoms with Gasteiger partial charge in [-0.15, -0.1) is 0 Å². The van der Waals surface area contributed by atoms with Gasteiger partial charge in [0.25, 0.3) is 11.8 Å². The molecule has 122 valence electrons. The van der Waals surface area contributed by atoms with Crippen LogP contribution in [0.5, 0.6) is 5.75 Å². The molecule has 3 N–H and O–H groups in total. The number of para-hydroxylation sites is 1. The fourth-order valence-corrected chi connectivity index (χ4v) is 2.78. The fourth-order valence-electron chi connectivity index (χ4n) is 2.78. The molecule has 0 heterocycles. The second-order valence-electron chi connectivity index (χ2n) is 5.64. The van der Waals surface area contributed by atoms with E-state index in [1.807, 2.05) is 24.3 Å². The summed E-state index contributed by atoms with van der Waals surface area (Å²) in [5.41, 5.74) is 4.49. The normalized spacial score (nSPS) is 21.7. The molecule has 0 aliphatic heterocycles. The van der Waals surface area contributed by atoms with E-state index in [4.69, 9.17) is 0 Å². The fraction of sp³-hybridized carbons (Fsp3) is 0.167. The van der Waals surface area contributed by atoms with E-state index in [1.54, 1.807) is 18.2 Å². The molecule has 0 saturated heterocycles. The highest BCUT2D eigenvalue weighted by molar-refractivity contribution is 6.20. The summed E-state index contributed by atoms with van der Waals surface area (Å²) in [5.74, 6) is -1.70. The van der Waals surface area contributed by atoms with E-state index in [0.717, 1.165) is 0 Å².